The van der Waals surface area contributed by atoms with Gasteiger partial charge in [0.1, 0.15) is 0 Å². The summed E-state index contributed by atoms with van der Waals surface area (Å²) in [6.45, 7) is 10.2. The van der Waals surface area contributed by atoms with Crippen molar-refractivity contribution in [2.75, 3.05) is 74.8 Å². The van der Waals surface area contributed by atoms with Crippen LogP contribution in [0.15, 0.2) is 36.4 Å². The topological polar surface area (TPSA) is 76.4 Å². The zero-order valence-electron chi connectivity index (χ0n) is 25.2. The molecule has 8 nitrogen and oxygen atoms in total. The first kappa shape index (κ1) is 31.1. The van der Waals surface area contributed by atoms with Crippen LogP contribution >= 0.6 is 0 Å². The molecule has 40 heavy (non-hydrogen) atoms. The minimum absolute atomic E-state index is 0.171. The van der Waals surface area contributed by atoms with Crippen LogP contribution in [0.1, 0.15) is 37.8 Å². The summed E-state index contributed by atoms with van der Waals surface area (Å²) in [7, 11) is 8.13. The van der Waals surface area contributed by atoms with Gasteiger partial charge < -0.3 is 28.6 Å². The highest BCUT2D eigenvalue weighted by atomic mass is 16.5. The third kappa shape index (κ3) is 7.21. The summed E-state index contributed by atoms with van der Waals surface area (Å²) in [6, 6.07) is 12.5. The van der Waals surface area contributed by atoms with E-state index in [0.29, 0.717) is 28.7 Å². The molecule has 0 radical (unpaired) electrons. The predicted molar refractivity (Wildman–Crippen MR) is 159 cm³/mol. The molecule has 1 heterocycles. The first-order chi connectivity index (χ1) is 19.3. The van der Waals surface area contributed by atoms with Crippen LogP contribution in [0.5, 0.6) is 28.7 Å². The number of methoxy groups -OCH3 is 5. The second-order valence-electron chi connectivity index (χ2n) is 10.4. The number of piperazine rings is 1. The zero-order valence-corrected chi connectivity index (χ0v) is 25.2. The molecule has 218 valence electrons. The number of rotatable bonds is 14. The molecule has 1 unspecified atom stereocenters. The lowest BCUT2D eigenvalue weighted by atomic mass is 9.69. The molecule has 0 N–H and O–H groups in total. The third-order valence-corrected chi connectivity index (χ3v) is 7.96. The second-order valence-corrected chi connectivity index (χ2v) is 10.4. The van der Waals surface area contributed by atoms with Gasteiger partial charge in [-0.05, 0) is 60.7 Å². The number of nitrogens with zero attached hydrogens (tertiary/aromatic N) is 3. The van der Waals surface area contributed by atoms with Gasteiger partial charge in [0.05, 0.1) is 47.0 Å². The number of nitriles is 1. The van der Waals surface area contributed by atoms with Gasteiger partial charge in [0.25, 0.3) is 0 Å². The van der Waals surface area contributed by atoms with Crippen molar-refractivity contribution in [2.45, 2.75) is 32.1 Å². The summed E-state index contributed by atoms with van der Waals surface area (Å²) in [5.41, 5.74) is 1.43. The molecular formula is C32H45N3O5. The lowest BCUT2D eigenvalue weighted by Gasteiger charge is -2.36. The Morgan fingerprint density at radius 2 is 1.43 bits per heavy atom. The van der Waals surface area contributed by atoms with Crippen molar-refractivity contribution >= 4 is 6.08 Å². The van der Waals surface area contributed by atoms with Gasteiger partial charge in [0.15, 0.2) is 23.0 Å². The molecule has 0 spiro atoms. The molecule has 3 rings (SSSR count). The van der Waals surface area contributed by atoms with Crippen molar-refractivity contribution in [2.24, 2.45) is 5.92 Å². The molecule has 1 aliphatic rings. The zero-order chi connectivity index (χ0) is 29.1. The largest absolute Gasteiger partial charge is 0.493 e. The van der Waals surface area contributed by atoms with Crippen LogP contribution in [0.25, 0.3) is 6.08 Å². The minimum atomic E-state index is -0.570. The summed E-state index contributed by atoms with van der Waals surface area (Å²) >= 11 is 0. The molecule has 2 aromatic carbocycles. The Bertz CT molecular complexity index is 1140. The second kappa shape index (κ2) is 14.8. The van der Waals surface area contributed by atoms with E-state index in [2.05, 4.69) is 41.9 Å². The average Bonchev–Trinajstić information content (AvgIpc) is 2.99. The van der Waals surface area contributed by atoms with Crippen LogP contribution in [0.3, 0.4) is 0 Å². The van der Waals surface area contributed by atoms with E-state index in [1.54, 1.807) is 35.5 Å². The summed E-state index contributed by atoms with van der Waals surface area (Å²) in [5.74, 6) is 3.42. The van der Waals surface area contributed by atoms with Crippen molar-refractivity contribution in [3.63, 3.8) is 0 Å². The molecule has 0 bridgehead atoms. The molecule has 0 aromatic heterocycles. The van der Waals surface area contributed by atoms with E-state index in [1.807, 2.05) is 30.3 Å². The number of benzene rings is 2. The van der Waals surface area contributed by atoms with Gasteiger partial charge in [-0.1, -0.05) is 32.1 Å². The lowest BCUT2D eigenvalue weighted by molar-refractivity contribution is 0.138. The summed E-state index contributed by atoms with van der Waals surface area (Å²) < 4.78 is 27.3. The van der Waals surface area contributed by atoms with Crippen LogP contribution < -0.4 is 23.7 Å². The first-order valence-electron chi connectivity index (χ1n) is 13.9. The van der Waals surface area contributed by atoms with Crippen LogP contribution in [-0.4, -0.2) is 84.6 Å². The summed E-state index contributed by atoms with van der Waals surface area (Å²) in [6.07, 6.45) is 6.04. The molecule has 8 heteroatoms. The van der Waals surface area contributed by atoms with E-state index >= 15 is 0 Å². The van der Waals surface area contributed by atoms with Crippen molar-refractivity contribution in [3.8, 4) is 34.8 Å². The summed E-state index contributed by atoms with van der Waals surface area (Å²) in [5, 5.41) is 10.3. The van der Waals surface area contributed by atoms with Gasteiger partial charge in [-0.15, -0.1) is 0 Å². The van der Waals surface area contributed by atoms with Gasteiger partial charge in [-0.2, -0.15) is 5.26 Å². The molecule has 2 aromatic rings. The van der Waals surface area contributed by atoms with Crippen LogP contribution in [0.4, 0.5) is 0 Å². The van der Waals surface area contributed by atoms with Crippen LogP contribution in [0, 0.1) is 17.2 Å². The molecule has 0 aliphatic carbocycles. The maximum absolute atomic E-state index is 10.3. The average molecular weight is 552 g/mol. The Hall–Kier alpha value is -3.41. The van der Waals surface area contributed by atoms with Crippen molar-refractivity contribution < 1.29 is 23.7 Å². The third-order valence-electron chi connectivity index (χ3n) is 7.96. The molecule has 0 saturated carbocycles. The van der Waals surface area contributed by atoms with E-state index in [9.17, 15) is 5.26 Å². The highest BCUT2D eigenvalue weighted by molar-refractivity contribution is 5.62. The maximum atomic E-state index is 10.3. The molecule has 1 aliphatic heterocycles. The Kier molecular flexibility index (Phi) is 11.5. The molecular weight excluding hydrogens is 506 g/mol. The van der Waals surface area contributed by atoms with E-state index < -0.39 is 5.41 Å². The van der Waals surface area contributed by atoms with E-state index in [-0.39, 0.29) is 5.92 Å². The smallest absolute Gasteiger partial charge is 0.203 e. The van der Waals surface area contributed by atoms with Crippen molar-refractivity contribution in [1.82, 2.24) is 9.80 Å². The number of ether oxygens (including phenoxy) is 5. The number of hydrogen-bond donors (Lipinski definition) is 0. The fraction of sp³-hybridized carbons (Fsp3) is 0.531. The van der Waals surface area contributed by atoms with E-state index in [1.165, 1.54) is 0 Å². The molecule has 1 fully saturated rings. The van der Waals surface area contributed by atoms with Gasteiger partial charge in [0.2, 0.25) is 5.75 Å². The van der Waals surface area contributed by atoms with E-state index in [0.717, 1.165) is 63.2 Å². The fourth-order valence-corrected chi connectivity index (χ4v) is 5.44. The normalized spacial score (nSPS) is 16.0. The van der Waals surface area contributed by atoms with Crippen molar-refractivity contribution in [3.05, 3.63) is 47.5 Å². The monoisotopic (exact) mass is 551 g/mol. The standard InChI is InChI=1S/C32H45N3O5/c1-24(2)32(23-33,26-11-12-27(36-3)28(22-26)37-4)13-9-15-35-18-16-34(17-19-35)14-8-10-25-20-29(38-5)31(40-7)30(21-25)39-6/h8,10-12,20-22,24H,9,13-19H2,1-7H3/b10-8+. The Labute approximate surface area is 240 Å². The van der Waals surface area contributed by atoms with E-state index in [4.69, 9.17) is 23.7 Å². The SMILES string of the molecule is COc1ccc(C(C#N)(CCCN2CCN(C/C=C/c3cc(OC)c(OC)c(OC)c3)CC2)C(C)C)cc1OC. The number of hydrogen-bond acceptors (Lipinski definition) is 8. The van der Waals surface area contributed by atoms with Gasteiger partial charge >= 0.3 is 0 Å². The minimum Gasteiger partial charge on any atom is -0.493 e. The molecule has 1 saturated heterocycles. The Morgan fingerprint density at radius 3 is 1.95 bits per heavy atom. The Morgan fingerprint density at radius 1 is 0.825 bits per heavy atom. The fourth-order valence-electron chi connectivity index (χ4n) is 5.44. The van der Waals surface area contributed by atoms with Crippen molar-refractivity contribution in [1.29, 1.82) is 5.26 Å². The van der Waals surface area contributed by atoms with Gasteiger partial charge in [-0.3, -0.25) is 4.90 Å². The molecule has 1 atom stereocenters. The van der Waals surface area contributed by atoms with Crippen LogP contribution in [0.2, 0.25) is 0 Å². The van der Waals surface area contributed by atoms with Crippen LogP contribution in [-0.2, 0) is 5.41 Å². The first-order valence-corrected chi connectivity index (χ1v) is 13.9. The highest BCUT2D eigenvalue weighted by Gasteiger charge is 2.36. The maximum Gasteiger partial charge on any atom is 0.203 e. The quantitative estimate of drug-likeness (QED) is 0.315. The Balaban J connectivity index is 1.53. The van der Waals surface area contributed by atoms with Gasteiger partial charge in [0, 0.05) is 32.7 Å². The predicted octanol–water partition coefficient (Wildman–Crippen LogP) is 5.26. The van der Waals surface area contributed by atoms with Gasteiger partial charge in [-0.25, -0.2) is 0 Å². The summed E-state index contributed by atoms with van der Waals surface area (Å²) in [4.78, 5) is 4.97. The lowest BCUT2D eigenvalue weighted by Crippen LogP contribution is -2.46. The highest BCUT2D eigenvalue weighted by Crippen LogP contribution is 2.41. The molecule has 0 amide bonds.